The number of hydrogen-bond donors (Lipinski definition) is 1. The third-order valence-corrected chi connectivity index (χ3v) is 5.35. The summed E-state index contributed by atoms with van der Waals surface area (Å²) in [6.07, 6.45) is 3.13. The number of Topliss-reactive ketones (excluding diaryl/α,β-unsaturated/α-hetero) is 1. The van der Waals surface area contributed by atoms with Crippen molar-refractivity contribution in [1.29, 1.82) is 0 Å². The molecule has 1 unspecified atom stereocenters. The van der Waals surface area contributed by atoms with E-state index in [9.17, 15) is 14.7 Å². The van der Waals surface area contributed by atoms with Crippen LogP contribution in [0.5, 0.6) is 11.5 Å². The molecule has 1 amide bonds. The van der Waals surface area contributed by atoms with Crippen molar-refractivity contribution >= 4 is 17.4 Å². The summed E-state index contributed by atoms with van der Waals surface area (Å²) in [5.74, 6) is -0.0636. The molecule has 4 rings (SSSR count). The number of benzene rings is 2. The summed E-state index contributed by atoms with van der Waals surface area (Å²) in [6, 6.07) is 16.3. The first-order chi connectivity index (χ1) is 16.0. The summed E-state index contributed by atoms with van der Waals surface area (Å²) < 4.78 is 16.2. The summed E-state index contributed by atoms with van der Waals surface area (Å²) in [6.45, 7) is 4.03. The van der Waals surface area contributed by atoms with Gasteiger partial charge in [0.15, 0.2) is 0 Å². The van der Waals surface area contributed by atoms with Crippen molar-refractivity contribution in [2.24, 2.45) is 0 Å². The molecule has 0 spiro atoms. The van der Waals surface area contributed by atoms with Crippen molar-refractivity contribution in [3.8, 4) is 11.5 Å². The number of rotatable bonds is 8. The van der Waals surface area contributed by atoms with Crippen LogP contribution in [0.4, 0.5) is 0 Å². The maximum Gasteiger partial charge on any atom is 0.296 e. The lowest BCUT2D eigenvalue weighted by atomic mass is 9.95. The zero-order valence-corrected chi connectivity index (χ0v) is 18.1. The van der Waals surface area contributed by atoms with Crippen LogP contribution in [0, 0.1) is 0 Å². The summed E-state index contributed by atoms with van der Waals surface area (Å²) in [5, 5.41) is 11.1. The van der Waals surface area contributed by atoms with Crippen LogP contribution in [0.1, 0.15) is 22.9 Å². The first-order valence-electron chi connectivity index (χ1n) is 10.3. The smallest absolute Gasteiger partial charge is 0.296 e. The molecule has 1 aliphatic rings. The first-order valence-corrected chi connectivity index (χ1v) is 10.3. The second kappa shape index (κ2) is 9.48. The fourth-order valence-corrected chi connectivity index (χ4v) is 3.79. The van der Waals surface area contributed by atoms with E-state index in [0.29, 0.717) is 35.0 Å². The molecule has 7 nitrogen and oxygen atoms in total. The van der Waals surface area contributed by atoms with Crippen molar-refractivity contribution in [3.63, 3.8) is 0 Å². The number of ether oxygens (including phenoxy) is 2. The van der Waals surface area contributed by atoms with Crippen molar-refractivity contribution in [1.82, 2.24) is 4.90 Å². The molecule has 2 aromatic carbocycles. The summed E-state index contributed by atoms with van der Waals surface area (Å²) in [5.41, 5.74) is 1.03. The van der Waals surface area contributed by atoms with Crippen LogP contribution < -0.4 is 9.47 Å². The number of ketones is 1. The van der Waals surface area contributed by atoms with E-state index in [1.165, 1.54) is 18.3 Å². The second-order valence-electron chi connectivity index (χ2n) is 7.41. The minimum Gasteiger partial charge on any atom is -0.507 e. The van der Waals surface area contributed by atoms with Crippen molar-refractivity contribution in [3.05, 3.63) is 102 Å². The van der Waals surface area contributed by atoms with E-state index in [-0.39, 0.29) is 17.9 Å². The van der Waals surface area contributed by atoms with Gasteiger partial charge < -0.3 is 23.9 Å². The lowest BCUT2D eigenvalue weighted by molar-refractivity contribution is -0.140. The minimum atomic E-state index is -0.818. The maximum atomic E-state index is 13.1. The zero-order chi connectivity index (χ0) is 23.4. The van der Waals surface area contributed by atoms with Gasteiger partial charge in [0.05, 0.1) is 31.5 Å². The van der Waals surface area contributed by atoms with E-state index >= 15 is 0 Å². The van der Waals surface area contributed by atoms with Crippen LogP contribution in [0.25, 0.3) is 5.76 Å². The predicted octanol–water partition coefficient (Wildman–Crippen LogP) is 4.47. The second-order valence-corrected chi connectivity index (χ2v) is 7.41. The Hall–Kier alpha value is -4.26. The van der Waals surface area contributed by atoms with Crippen LogP contribution >= 0.6 is 0 Å². The number of carbonyl (C=O) groups excluding carboxylic acids is 2. The maximum absolute atomic E-state index is 13.1. The number of methoxy groups -OCH3 is 1. The fourth-order valence-electron chi connectivity index (χ4n) is 3.79. The lowest BCUT2D eigenvalue weighted by Crippen LogP contribution is -2.29. The van der Waals surface area contributed by atoms with Gasteiger partial charge in [0.25, 0.3) is 11.7 Å². The van der Waals surface area contributed by atoms with Gasteiger partial charge in [0.1, 0.15) is 29.6 Å². The van der Waals surface area contributed by atoms with Gasteiger partial charge in [-0.3, -0.25) is 9.59 Å². The number of hydrogen-bond acceptors (Lipinski definition) is 6. The molecule has 168 valence electrons. The van der Waals surface area contributed by atoms with Gasteiger partial charge in [0, 0.05) is 5.56 Å². The van der Waals surface area contributed by atoms with E-state index in [2.05, 4.69) is 6.58 Å². The molecular weight excluding hydrogens is 422 g/mol. The Labute approximate surface area is 191 Å². The fraction of sp³-hybridized carbons (Fsp3) is 0.154. The molecule has 1 aliphatic heterocycles. The zero-order valence-electron chi connectivity index (χ0n) is 18.1. The Morgan fingerprint density at radius 1 is 1.12 bits per heavy atom. The van der Waals surface area contributed by atoms with E-state index in [0.717, 1.165) is 0 Å². The van der Waals surface area contributed by atoms with E-state index < -0.39 is 17.7 Å². The van der Waals surface area contributed by atoms with Crippen molar-refractivity contribution in [2.75, 3.05) is 13.7 Å². The van der Waals surface area contributed by atoms with Crippen LogP contribution in [-0.4, -0.2) is 35.4 Å². The normalized spacial score (nSPS) is 17.2. The topological polar surface area (TPSA) is 89.2 Å². The number of amides is 1. The van der Waals surface area contributed by atoms with Gasteiger partial charge in [-0.2, -0.15) is 0 Å². The monoisotopic (exact) mass is 445 g/mol. The number of aliphatic hydroxyl groups excluding tert-OH is 1. The third-order valence-electron chi connectivity index (χ3n) is 5.35. The summed E-state index contributed by atoms with van der Waals surface area (Å²) >= 11 is 0. The van der Waals surface area contributed by atoms with E-state index in [1.807, 2.05) is 0 Å². The highest BCUT2D eigenvalue weighted by molar-refractivity contribution is 6.46. The van der Waals surface area contributed by atoms with Crippen LogP contribution in [0.15, 0.2) is 89.6 Å². The molecule has 1 aromatic heterocycles. The number of nitrogens with zero attached hydrogens (tertiary/aromatic N) is 1. The van der Waals surface area contributed by atoms with Crippen molar-refractivity contribution in [2.45, 2.75) is 12.6 Å². The molecule has 33 heavy (non-hydrogen) atoms. The highest BCUT2D eigenvalue weighted by atomic mass is 16.5. The highest BCUT2D eigenvalue weighted by Gasteiger charge is 2.46. The number of likely N-dealkylation sites (tertiary alicyclic amines) is 1. The van der Waals surface area contributed by atoms with Crippen LogP contribution in [0.3, 0.4) is 0 Å². The summed E-state index contributed by atoms with van der Waals surface area (Å²) in [7, 11) is 1.54. The molecule has 1 fully saturated rings. The molecule has 0 bridgehead atoms. The Bertz CT molecular complexity index is 1190. The lowest BCUT2D eigenvalue weighted by Gasteiger charge is -2.24. The molecule has 2 heterocycles. The molecule has 1 atom stereocenters. The minimum absolute atomic E-state index is 0.000399. The molecular formula is C26H23NO6. The molecule has 0 aliphatic carbocycles. The molecule has 0 saturated carbocycles. The molecule has 3 aromatic rings. The van der Waals surface area contributed by atoms with Gasteiger partial charge in [-0.25, -0.2) is 0 Å². The van der Waals surface area contributed by atoms with Gasteiger partial charge in [-0.15, -0.1) is 0 Å². The van der Waals surface area contributed by atoms with Gasteiger partial charge in [0.2, 0.25) is 0 Å². The van der Waals surface area contributed by atoms with Crippen LogP contribution in [-0.2, 0) is 16.1 Å². The Kier molecular flexibility index (Phi) is 6.31. The van der Waals surface area contributed by atoms with Gasteiger partial charge in [-0.1, -0.05) is 24.8 Å². The number of aliphatic hydroxyl groups is 1. The molecule has 7 heteroatoms. The highest BCUT2D eigenvalue weighted by Crippen LogP contribution is 2.41. The standard InChI is InChI=1S/C26H23NO6/c1-3-13-32-19-11-9-17(10-12-19)24(28)22-23(18-6-4-7-20(15-18)31-2)27(26(30)25(22)29)16-21-8-5-14-33-21/h3-12,14-15,23,28H,1,13,16H2,2H3. The molecule has 1 saturated heterocycles. The Morgan fingerprint density at radius 3 is 2.58 bits per heavy atom. The quantitative estimate of drug-likeness (QED) is 0.238. The number of carbonyl (C=O) groups is 2. The average Bonchev–Trinajstić information content (AvgIpc) is 3.45. The van der Waals surface area contributed by atoms with Gasteiger partial charge >= 0.3 is 0 Å². The Balaban J connectivity index is 1.80. The van der Waals surface area contributed by atoms with E-state index in [4.69, 9.17) is 13.9 Å². The predicted molar refractivity (Wildman–Crippen MR) is 122 cm³/mol. The summed E-state index contributed by atoms with van der Waals surface area (Å²) in [4.78, 5) is 27.5. The largest absolute Gasteiger partial charge is 0.507 e. The average molecular weight is 445 g/mol. The van der Waals surface area contributed by atoms with Crippen LogP contribution in [0.2, 0.25) is 0 Å². The molecule has 1 N–H and O–H groups in total. The molecule has 0 radical (unpaired) electrons. The SMILES string of the molecule is C=CCOc1ccc(C(O)=C2C(=O)C(=O)N(Cc3ccco3)C2c2cccc(OC)c2)cc1. The third kappa shape index (κ3) is 4.39. The first kappa shape index (κ1) is 22.0. The van der Waals surface area contributed by atoms with Gasteiger partial charge in [-0.05, 0) is 54.1 Å². The Morgan fingerprint density at radius 2 is 1.91 bits per heavy atom. The van der Waals surface area contributed by atoms with Crippen molar-refractivity contribution < 1.29 is 28.6 Å². The number of furan rings is 1. The van der Waals surface area contributed by atoms with E-state index in [1.54, 1.807) is 66.7 Å².